The molecular weight excluding hydrogens is 358 g/mol. The van der Waals surface area contributed by atoms with E-state index >= 15 is 0 Å². The highest BCUT2D eigenvalue weighted by Gasteiger charge is 2.32. The van der Waals surface area contributed by atoms with E-state index < -0.39 is 0 Å². The van der Waals surface area contributed by atoms with E-state index in [4.69, 9.17) is 4.74 Å². The molecule has 0 aromatic heterocycles. The monoisotopic (exact) mass is 389 g/mol. The third-order valence-corrected chi connectivity index (χ3v) is 4.95. The lowest BCUT2D eigenvalue weighted by molar-refractivity contribution is -0.123. The summed E-state index contributed by atoms with van der Waals surface area (Å²) >= 11 is 0. The Balaban J connectivity index is 1.67. The number of unbranched alkanes of at least 4 members (excludes halogenated alkanes) is 3. The summed E-state index contributed by atoms with van der Waals surface area (Å²) in [6.07, 6.45) is 6.55. The third kappa shape index (κ3) is 7.21. The van der Waals surface area contributed by atoms with E-state index in [1.807, 2.05) is 6.92 Å². The fourth-order valence-corrected chi connectivity index (χ4v) is 3.11. The molecule has 0 aliphatic carbocycles. The molecular formula is C21H31N3O4. The molecule has 1 heterocycles. The predicted molar refractivity (Wildman–Crippen MR) is 107 cm³/mol. The van der Waals surface area contributed by atoms with E-state index in [2.05, 4.69) is 23.1 Å². The molecule has 0 bridgehead atoms. The van der Waals surface area contributed by atoms with Crippen LogP contribution in [0.5, 0.6) is 5.75 Å². The van der Waals surface area contributed by atoms with Crippen molar-refractivity contribution in [1.82, 2.24) is 16.2 Å². The second kappa shape index (κ2) is 10.7. The van der Waals surface area contributed by atoms with Crippen LogP contribution in [0.3, 0.4) is 0 Å². The van der Waals surface area contributed by atoms with Gasteiger partial charge in [0.05, 0.1) is 6.61 Å². The zero-order chi connectivity index (χ0) is 20.4. The van der Waals surface area contributed by atoms with Gasteiger partial charge in [0.2, 0.25) is 11.8 Å². The highest BCUT2D eigenvalue weighted by atomic mass is 16.5. The zero-order valence-corrected chi connectivity index (χ0v) is 16.8. The van der Waals surface area contributed by atoms with E-state index in [1.165, 1.54) is 12.8 Å². The molecule has 1 aliphatic heterocycles. The Morgan fingerprint density at radius 1 is 1.14 bits per heavy atom. The van der Waals surface area contributed by atoms with Crippen molar-refractivity contribution in [3.8, 4) is 5.75 Å². The van der Waals surface area contributed by atoms with Gasteiger partial charge in [0.1, 0.15) is 5.75 Å². The fraction of sp³-hybridized carbons (Fsp3) is 0.571. The van der Waals surface area contributed by atoms with Crippen LogP contribution in [-0.4, -0.2) is 29.9 Å². The quantitative estimate of drug-likeness (QED) is 0.423. The van der Waals surface area contributed by atoms with Crippen LogP contribution in [0.4, 0.5) is 0 Å². The van der Waals surface area contributed by atoms with Crippen LogP contribution in [-0.2, 0) is 9.59 Å². The molecule has 3 N–H and O–H groups in total. The summed E-state index contributed by atoms with van der Waals surface area (Å²) in [5, 5.41) is 2.89. The van der Waals surface area contributed by atoms with E-state index in [0.717, 1.165) is 25.0 Å². The second-order valence-corrected chi connectivity index (χ2v) is 7.54. The van der Waals surface area contributed by atoms with Gasteiger partial charge in [-0.25, -0.2) is 0 Å². The molecule has 7 heteroatoms. The molecule has 1 fully saturated rings. The van der Waals surface area contributed by atoms with Gasteiger partial charge in [-0.3, -0.25) is 25.2 Å². The Morgan fingerprint density at radius 3 is 2.54 bits per heavy atom. The molecule has 2 rings (SSSR count). The topological polar surface area (TPSA) is 96.5 Å². The predicted octanol–water partition coefficient (Wildman–Crippen LogP) is 2.86. The molecule has 154 valence electrons. The first-order valence-electron chi connectivity index (χ1n) is 10.0. The average molecular weight is 389 g/mol. The Kier molecular flexibility index (Phi) is 8.29. The molecule has 7 nitrogen and oxygen atoms in total. The van der Waals surface area contributed by atoms with Crippen molar-refractivity contribution in [2.45, 2.75) is 70.8 Å². The molecule has 28 heavy (non-hydrogen) atoms. The number of carbonyl (C=O) groups excluding carboxylic acids is 3. The second-order valence-electron chi connectivity index (χ2n) is 7.54. The van der Waals surface area contributed by atoms with Crippen molar-refractivity contribution < 1.29 is 19.1 Å². The van der Waals surface area contributed by atoms with Crippen molar-refractivity contribution in [1.29, 1.82) is 0 Å². The van der Waals surface area contributed by atoms with Crippen LogP contribution >= 0.6 is 0 Å². The summed E-state index contributed by atoms with van der Waals surface area (Å²) in [5.74, 6) is 0.0690. The minimum atomic E-state index is -0.386. The van der Waals surface area contributed by atoms with Crippen molar-refractivity contribution >= 4 is 17.7 Å². The van der Waals surface area contributed by atoms with Gasteiger partial charge in [-0.05, 0) is 50.5 Å². The number of hydrogen-bond acceptors (Lipinski definition) is 4. The first-order valence-corrected chi connectivity index (χ1v) is 10.0. The van der Waals surface area contributed by atoms with Crippen molar-refractivity contribution in [2.24, 2.45) is 0 Å². The van der Waals surface area contributed by atoms with E-state index in [9.17, 15) is 14.4 Å². The number of benzene rings is 1. The number of carbonyl (C=O) groups is 3. The van der Waals surface area contributed by atoms with Crippen LogP contribution in [0.1, 0.15) is 75.6 Å². The molecule has 0 radical (unpaired) electrons. The van der Waals surface area contributed by atoms with Gasteiger partial charge in [-0.2, -0.15) is 0 Å². The number of ether oxygens (including phenoxy) is 1. The lowest BCUT2D eigenvalue weighted by Gasteiger charge is -2.23. The molecule has 1 aromatic carbocycles. The lowest BCUT2D eigenvalue weighted by atomic mass is 9.94. The normalized spacial score (nSPS) is 18.4. The Hall–Kier alpha value is -2.57. The van der Waals surface area contributed by atoms with Crippen molar-refractivity contribution in [2.75, 3.05) is 6.61 Å². The van der Waals surface area contributed by atoms with Crippen LogP contribution in [0, 0.1) is 0 Å². The summed E-state index contributed by atoms with van der Waals surface area (Å²) in [6, 6.07) is 6.83. The first-order chi connectivity index (χ1) is 13.4. The van der Waals surface area contributed by atoms with E-state index in [-0.39, 0.29) is 29.7 Å². The Bertz CT molecular complexity index is 675. The van der Waals surface area contributed by atoms with Gasteiger partial charge in [-0.1, -0.05) is 26.2 Å². The third-order valence-electron chi connectivity index (χ3n) is 4.95. The molecule has 1 atom stereocenters. The molecule has 1 saturated heterocycles. The van der Waals surface area contributed by atoms with Gasteiger partial charge >= 0.3 is 0 Å². The number of hydrogen-bond donors (Lipinski definition) is 3. The summed E-state index contributed by atoms with van der Waals surface area (Å²) in [4.78, 5) is 35.4. The maximum atomic E-state index is 12.1. The smallest absolute Gasteiger partial charge is 0.269 e. The summed E-state index contributed by atoms with van der Waals surface area (Å²) in [5.41, 5.74) is 4.93. The number of rotatable bonds is 10. The van der Waals surface area contributed by atoms with Gasteiger partial charge in [0.15, 0.2) is 0 Å². The molecule has 0 spiro atoms. The van der Waals surface area contributed by atoms with Crippen molar-refractivity contribution in [3.05, 3.63) is 29.8 Å². The van der Waals surface area contributed by atoms with Crippen LogP contribution in [0.25, 0.3) is 0 Å². The summed E-state index contributed by atoms with van der Waals surface area (Å²) in [7, 11) is 0. The van der Waals surface area contributed by atoms with Crippen molar-refractivity contribution in [3.63, 3.8) is 0 Å². The lowest BCUT2D eigenvalue weighted by Crippen LogP contribution is -2.44. The largest absolute Gasteiger partial charge is 0.494 e. The van der Waals surface area contributed by atoms with Crippen LogP contribution < -0.4 is 20.9 Å². The summed E-state index contributed by atoms with van der Waals surface area (Å²) in [6.45, 7) is 4.76. The molecule has 1 aromatic rings. The van der Waals surface area contributed by atoms with Gasteiger partial charge < -0.3 is 10.1 Å². The number of amides is 3. The first kappa shape index (κ1) is 21.7. The highest BCUT2D eigenvalue weighted by molar-refractivity contribution is 5.95. The highest BCUT2D eigenvalue weighted by Crippen LogP contribution is 2.24. The maximum Gasteiger partial charge on any atom is 0.269 e. The molecule has 0 saturated carbocycles. The Morgan fingerprint density at radius 2 is 1.89 bits per heavy atom. The minimum Gasteiger partial charge on any atom is -0.494 e. The average Bonchev–Trinajstić information content (AvgIpc) is 3.04. The fourth-order valence-electron chi connectivity index (χ4n) is 3.11. The standard InChI is InChI=1S/C21H31N3O4/c1-3-4-5-6-15-28-17-9-7-16(8-10-17)20(27)24-23-19(26)12-14-21(2)13-11-18(25)22-21/h7-10H,3-6,11-15H2,1-2H3,(H,22,25)(H,23,26)(H,24,27)/t21-/m1/s1. The van der Waals surface area contributed by atoms with Crippen LogP contribution in [0.2, 0.25) is 0 Å². The number of hydrazine groups is 1. The van der Waals surface area contributed by atoms with Gasteiger partial charge in [-0.15, -0.1) is 0 Å². The minimum absolute atomic E-state index is 0.0181. The van der Waals surface area contributed by atoms with E-state index in [0.29, 0.717) is 25.0 Å². The summed E-state index contributed by atoms with van der Waals surface area (Å²) < 4.78 is 5.65. The maximum absolute atomic E-state index is 12.1. The SMILES string of the molecule is CCCCCCOc1ccc(C(=O)NNC(=O)CC[C@@]2(C)CCC(=O)N2)cc1. The molecule has 0 unspecified atom stereocenters. The molecule has 1 aliphatic rings. The van der Waals surface area contributed by atoms with Crippen LogP contribution in [0.15, 0.2) is 24.3 Å². The zero-order valence-electron chi connectivity index (χ0n) is 16.8. The Labute approximate surface area is 166 Å². The molecule has 3 amide bonds. The van der Waals surface area contributed by atoms with Gasteiger partial charge in [0, 0.05) is 23.9 Å². The van der Waals surface area contributed by atoms with E-state index in [1.54, 1.807) is 24.3 Å². The van der Waals surface area contributed by atoms with Gasteiger partial charge in [0.25, 0.3) is 5.91 Å². The number of nitrogens with one attached hydrogen (secondary N) is 3.